The molecule has 0 saturated carbocycles. The molecule has 0 unspecified atom stereocenters. The van der Waals surface area contributed by atoms with E-state index in [0.29, 0.717) is 4.70 Å². The van der Waals surface area contributed by atoms with Crippen molar-refractivity contribution in [3.63, 3.8) is 0 Å². The summed E-state index contributed by atoms with van der Waals surface area (Å²) in [6.45, 7) is 2.05. The van der Waals surface area contributed by atoms with E-state index in [1.54, 1.807) is 17.1 Å². The lowest BCUT2D eigenvalue weighted by molar-refractivity contribution is 0.965. The summed E-state index contributed by atoms with van der Waals surface area (Å²) in [6.07, 6.45) is 3.39. The zero-order chi connectivity index (χ0) is 17.7. The summed E-state index contributed by atoms with van der Waals surface area (Å²) in [5, 5.41) is 0.940. The van der Waals surface area contributed by atoms with E-state index in [9.17, 15) is 4.79 Å². The molecular weight excluding hydrogens is 447 g/mol. The van der Waals surface area contributed by atoms with Gasteiger partial charge in [-0.1, -0.05) is 6.07 Å². The van der Waals surface area contributed by atoms with Gasteiger partial charge in [0.25, 0.3) is 5.56 Å². The normalized spacial score (nSPS) is 11.4. The van der Waals surface area contributed by atoms with Crippen LogP contribution in [0.25, 0.3) is 26.1 Å². The Morgan fingerprint density at radius 2 is 2.00 bits per heavy atom. The highest BCUT2D eigenvalue weighted by Gasteiger charge is 2.17. The van der Waals surface area contributed by atoms with E-state index in [1.165, 1.54) is 16.9 Å². The Kier molecular flexibility index (Phi) is 3.99. The average Bonchev–Trinajstić information content (AvgIpc) is 2.97. The van der Waals surface area contributed by atoms with Gasteiger partial charge in [0.2, 0.25) is 0 Å². The van der Waals surface area contributed by atoms with Crippen LogP contribution in [0, 0.1) is 10.5 Å². The zero-order valence-corrected chi connectivity index (χ0v) is 16.9. The van der Waals surface area contributed by atoms with Crippen LogP contribution in [-0.4, -0.2) is 28.6 Å². The molecule has 4 aromatic rings. The van der Waals surface area contributed by atoms with Gasteiger partial charge in [-0.15, -0.1) is 11.3 Å². The van der Waals surface area contributed by atoms with Gasteiger partial charge in [0.05, 0.1) is 22.3 Å². The minimum absolute atomic E-state index is 0.0580. The molecule has 5 nitrogen and oxygen atoms in total. The minimum Gasteiger partial charge on any atom is -0.377 e. The molecule has 0 bridgehead atoms. The lowest BCUT2D eigenvalue weighted by Gasteiger charge is -2.13. The predicted octanol–water partition coefficient (Wildman–Crippen LogP) is 3.97. The summed E-state index contributed by atoms with van der Waals surface area (Å²) in [6, 6.07) is 7.92. The molecule has 0 N–H and O–H groups in total. The first-order valence-electron chi connectivity index (χ1n) is 7.70. The third-order valence-corrected chi connectivity index (χ3v) is 6.41. The molecule has 4 rings (SSSR count). The van der Waals surface area contributed by atoms with E-state index in [1.807, 2.05) is 43.3 Å². The molecule has 0 saturated heterocycles. The zero-order valence-electron chi connectivity index (χ0n) is 13.9. The molecule has 0 aliphatic rings. The standard InChI is InChI=1S/C18H15IN4OS/c1-10-4-5-11(8-12(10)19)23-9-21-15-14-13(22(2)3)6-7-20-17(14)25-16(15)18(23)24/h4-9H,1-3H3. The molecule has 0 radical (unpaired) electrons. The van der Waals surface area contributed by atoms with Gasteiger partial charge < -0.3 is 4.90 Å². The number of rotatable bonds is 2. The fourth-order valence-electron chi connectivity index (χ4n) is 2.83. The van der Waals surface area contributed by atoms with Crippen LogP contribution in [0.1, 0.15) is 5.56 Å². The van der Waals surface area contributed by atoms with Gasteiger partial charge in [-0.25, -0.2) is 9.97 Å². The van der Waals surface area contributed by atoms with Gasteiger partial charge in [0.15, 0.2) is 0 Å². The third kappa shape index (κ3) is 2.62. The second-order valence-electron chi connectivity index (χ2n) is 6.04. The summed E-state index contributed by atoms with van der Waals surface area (Å²) < 4.78 is 3.36. The maximum Gasteiger partial charge on any atom is 0.275 e. The molecule has 0 fully saturated rings. The first-order chi connectivity index (χ1) is 12.0. The Morgan fingerprint density at radius 3 is 2.72 bits per heavy atom. The van der Waals surface area contributed by atoms with Crippen LogP contribution >= 0.6 is 33.9 Å². The Morgan fingerprint density at radius 1 is 1.20 bits per heavy atom. The molecule has 126 valence electrons. The number of anilines is 1. The minimum atomic E-state index is -0.0580. The molecule has 0 atom stereocenters. The van der Waals surface area contributed by atoms with Crippen LogP contribution < -0.4 is 10.5 Å². The number of halogens is 1. The van der Waals surface area contributed by atoms with Crippen molar-refractivity contribution in [2.45, 2.75) is 6.92 Å². The number of hydrogen-bond donors (Lipinski definition) is 0. The van der Waals surface area contributed by atoms with Crippen LogP contribution in [-0.2, 0) is 0 Å². The van der Waals surface area contributed by atoms with Gasteiger partial charge in [0, 0.05) is 23.9 Å². The highest BCUT2D eigenvalue weighted by molar-refractivity contribution is 14.1. The maximum atomic E-state index is 13.1. The molecule has 1 aromatic carbocycles. The highest BCUT2D eigenvalue weighted by atomic mass is 127. The van der Waals surface area contributed by atoms with Crippen molar-refractivity contribution < 1.29 is 0 Å². The Balaban J connectivity index is 2.03. The Labute approximate surface area is 162 Å². The van der Waals surface area contributed by atoms with E-state index in [0.717, 1.165) is 30.7 Å². The van der Waals surface area contributed by atoms with Crippen molar-refractivity contribution in [1.82, 2.24) is 14.5 Å². The van der Waals surface area contributed by atoms with Crippen molar-refractivity contribution in [3.05, 3.63) is 56.3 Å². The Bertz CT molecular complexity index is 1180. The molecule has 3 aromatic heterocycles. The number of benzene rings is 1. The van der Waals surface area contributed by atoms with Crippen LogP contribution in [0.5, 0.6) is 0 Å². The lowest BCUT2D eigenvalue weighted by atomic mass is 10.2. The van der Waals surface area contributed by atoms with Crippen LogP contribution in [0.2, 0.25) is 0 Å². The monoisotopic (exact) mass is 462 g/mol. The number of pyridine rings is 1. The van der Waals surface area contributed by atoms with E-state index >= 15 is 0 Å². The molecule has 25 heavy (non-hydrogen) atoms. The van der Waals surface area contributed by atoms with Crippen molar-refractivity contribution in [1.29, 1.82) is 0 Å². The van der Waals surface area contributed by atoms with Crippen molar-refractivity contribution >= 4 is 60.0 Å². The lowest BCUT2D eigenvalue weighted by Crippen LogP contribution is -2.18. The van der Waals surface area contributed by atoms with E-state index < -0.39 is 0 Å². The second-order valence-corrected chi connectivity index (χ2v) is 8.20. The molecule has 3 heterocycles. The van der Waals surface area contributed by atoms with Crippen LogP contribution in [0.4, 0.5) is 5.69 Å². The predicted molar refractivity (Wildman–Crippen MR) is 112 cm³/mol. The second kappa shape index (κ2) is 6.06. The molecule has 0 aliphatic heterocycles. The number of thiophene rings is 1. The molecule has 0 amide bonds. The summed E-state index contributed by atoms with van der Waals surface area (Å²) in [7, 11) is 3.96. The van der Waals surface area contributed by atoms with Crippen molar-refractivity contribution in [3.8, 4) is 5.69 Å². The smallest absolute Gasteiger partial charge is 0.275 e. The van der Waals surface area contributed by atoms with E-state index in [4.69, 9.17) is 0 Å². The summed E-state index contributed by atoms with van der Waals surface area (Å²) in [5.41, 5.74) is 3.70. The molecule has 0 spiro atoms. The third-order valence-electron chi connectivity index (χ3n) is 4.18. The fourth-order valence-corrected chi connectivity index (χ4v) is 4.37. The quantitative estimate of drug-likeness (QED) is 0.423. The Hall–Kier alpha value is -2.00. The van der Waals surface area contributed by atoms with Crippen molar-refractivity contribution in [2.75, 3.05) is 19.0 Å². The number of nitrogens with zero attached hydrogens (tertiary/aromatic N) is 4. The highest BCUT2D eigenvalue weighted by Crippen LogP contribution is 2.35. The van der Waals surface area contributed by atoms with Gasteiger partial charge in [-0.2, -0.15) is 0 Å². The van der Waals surface area contributed by atoms with Crippen LogP contribution in [0.15, 0.2) is 41.6 Å². The summed E-state index contributed by atoms with van der Waals surface area (Å²) in [5.74, 6) is 0. The van der Waals surface area contributed by atoms with Crippen molar-refractivity contribution in [2.24, 2.45) is 0 Å². The number of hydrogen-bond acceptors (Lipinski definition) is 5. The van der Waals surface area contributed by atoms with Gasteiger partial charge in [-0.05, 0) is 53.3 Å². The first-order valence-corrected chi connectivity index (χ1v) is 9.59. The first kappa shape index (κ1) is 16.5. The largest absolute Gasteiger partial charge is 0.377 e. The molecule has 0 aliphatic carbocycles. The summed E-state index contributed by atoms with van der Waals surface area (Å²) >= 11 is 3.68. The fraction of sp³-hybridized carbons (Fsp3) is 0.167. The van der Waals surface area contributed by atoms with Crippen LogP contribution in [0.3, 0.4) is 0 Å². The topological polar surface area (TPSA) is 51.0 Å². The van der Waals surface area contributed by atoms with Gasteiger partial charge in [0.1, 0.15) is 15.9 Å². The average molecular weight is 462 g/mol. The van der Waals surface area contributed by atoms with E-state index in [-0.39, 0.29) is 5.56 Å². The number of fused-ring (bicyclic) bond motifs is 3. The molecular formula is C18H15IN4OS. The van der Waals surface area contributed by atoms with Gasteiger partial charge >= 0.3 is 0 Å². The molecule has 7 heteroatoms. The maximum absolute atomic E-state index is 13.1. The summed E-state index contributed by atoms with van der Waals surface area (Å²) in [4.78, 5) is 25.0. The SMILES string of the molecule is Cc1ccc(-n2cnc3c(sc4nccc(N(C)C)c43)c2=O)cc1I. The van der Waals surface area contributed by atoms with E-state index in [2.05, 4.69) is 39.5 Å². The number of aromatic nitrogens is 3. The number of aryl methyl sites for hydroxylation is 1. The van der Waals surface area contributed by atoms with Gasteiger partial charge in [-0.3, -0.25) is 9.36 Å².